The highest BCUT2D eigenvalue weighted by Crippen LogP contribution is 2.37. The van der Waals surface area contributed by atoms with E-state index in [1.807, 2.05) is 12.1 Å². The lowest BCUT2D eigenvalue weighted by Crippen LogP contribution is -2.38. The number of rotatable bonds is 3. The number of urea groups is 1. The summed E-state index contributed by atoms with van der Waals surface area (Å²) in [5, 5.41) is 2.81. The van der Waals surface area contributed by atoms with Crippen LogP contribution in [0.1, 0.15) is 37.3 Å². The third-order valence-corrected chi connectivity index (χ3v) is 5.18. The van der Waals surface area contributed by atoms with Crippen molar-refractivity contribution >= 4 is 23.5 Å². The summed E-state index contributed by atoms with van der Waals surface area (Å²) in [6, 6.07) is 9.26. The predicted molar refractivity (Wildman–Crippen MR) is 99.5 cm³/mol. The third kappa shape index (κ3) is 5.63. The van der Waals surface area contributed by atoms with Crippen LogP contribution in [-0.2, 0) is 0 Å². The number of hydrogen-bond acceptors (Lipinski definition) is 3. The van der Waals surface area contributed by atoms with E-state index in [0.717, 1.165) is 31.2 Å². The number of anilines is 1. The lowest BCUT2D eigenvalue weighted by atomic mass is 10.0. The standard InChI is InChI=1S/C19H20F3N3OS/c20-19(21,22)27-16-7-5-15(6-8-16)24-18(26)25-13-3-1-2-4-17(25)14-9-11-23-12-10-14/h5-12,17H,1-4,13H2,(H,24,26)/t17-/m1/s1. The van der Waals surface area contributed by atoms with Gasteiger partial charge in [0, 0.05) is 29.5 Å². The molecule has 1 aromatic heterocycles. The molecule has 1 aliphatic heterocycles. The van der Waals surface area contributed by atoms with E-state index in [1.54, 1.807) is 17.3 Å². The van der Waals surface area contributed by atoms with Crippen LogP contribution in [0.15, 0.2) is 53.7 Å². The molecule has 2 amide bonds. The predicted octanol–water partition coefficient (Wildman–Crippen LogP) is 5.84. The highest BCUT2D eigenvalue weighted by Gasteiger charge is 2.29. The lowest BCUT2D eigenvalue weighted by Gasteiger charge is -2.30. The summed E-state index contributed by atoms with van der Waals surface area (Å²) in [4.78, 5) is 18.8. The Morgan fingerprint density at radius 3 is 2.44 bits per heavy atom. The second-order valence-electron chi connectivity index (χ2n) is 6.34. The molecule has 2 heterocycles. The highest BCUT2D eigenvalue weighted by atomic mass is 32.2. The molecule has 1 atom stereocenters. The molecule has 0 aliphatic carbocycles. The molecule has 0 saturated carbocycles. The van der Waals surface area contributed by atoms with E-state index in [2.05, 4.69) is 10.3 Å². The Bertz CT molecular complexity index is 753. The topological polar surface area (TPSA) is 45.2 Å². The van der Waals surface area contributed by atoms with Gasteiger partial charge in [0.25, 0.3) is 0 Å². The molecule has 1 aromatic carbocycles. The Morgan fingerprint density at radius 1 is 1.07 bits per heavy atom. The number of pyridine rings is 1. The van der Waals surface area contributed by atoms with E-state index in [9.17, 15) is 18.0 Å². The molecule has 0 bridgehead atoms. The number of alkyl halides is 3. The van der Waals surface area contributed by atoms with Crippen molar-refractivity contribution in [1.82, 2.24) is 9.88 Å². The van der Waals surface area contributed by atoms with Crippen molar-refractivity contribution in [3.63, 3.8) is 0 Å². The Labute approximate surface area is 160 Å². The van der Waals surface area contributed by atoms with Crippen LogP contribution in [0.2, 0.25) is 0 Å². The smallest absolute Gasteiger partial charge is 0.317 e. The monoisotopic (exact) mass is 395 g/mol. The number of amides is 2. The summed E-state index contributed by atoms with van der Waals surface area (Å²) in [6.07, 6.45) is 7.34. The summed E-state index contributed by atoms with van der Waals surface area (Å²) in [6.45, 7) is 0.640. The second-order valence-corrected chi connectivity index (χ2v) is 7.48. The minimum absolute atomic E-state index is 0.0319. The molecule has 1 N–H and O–H groups in total. The number of hydrogen-bond donors (Lipinski definition) is 1. The molecule has 8 heteroatoms. The van der Waals surface area contributed by atoms with Gasteiger partial charge in [-0.05, 0) is 66.6 Å². The van der Waals surface area contributed by atoms with Crippen LogP contribution in [0.25, 0.3) is 0 Å². The number of benzene rings is 1. The first-order chi connectivity index (χ1) is 12.9. The second kappa shape index (κ2) is 8.65. The minimum Gasteiger partial charge on any atom is -0.317 e. The molecule has 3 rings (SSSR count). The average Bonchev–Trinajstić information content (AvgIpc) is 2.89. The lowest BCUT2D eigenvalue weighted by molar-refractivity contribution is -0.0328. The number of nitrogens with one attached hydrogen (secondary N) is 1. The maximum absolute atomic E-state index is 12.8. The molecule has 1 saturated heterocycles. The van der Waals surface area contributed by atoms with Gasteiger partial charge in [-0.25, -0.2) is 4.79 Å². The van der Waals surface area contributed by atoms with Gasteiger partial charge in [0.2, 0.25) is 0 Å². The van der Waals surface area contributed by atoms with Crippen LogP contribution in [0, 0.1) is 0 Å². The van der Waals surface area contributed by atoms with E-state index in [-0.39, 0.29) is 28.7 Å². The molecule has 4 nitrogen and oxygen atoms in total. The first-order valence-electron chi connectivity index (χ1n) is 8.76. The molecule has 27 heavy (non-hydrogen) atoms. The fourth-order valence-corrected chi connectivity index (χ4v) is 3.76. The summed E-state index contributed by atoms with van der Waals surface area (Å²) >= 11 is -0.172. The Hall–Kier alpha value is -2.22. The van der Waals surface area contributed by atoms with Crippen LogP contribution in [0.4, 0.5) is 23.7 Å². The normalized spacial score (nSPS) is 18.0. The first kappa shape index (κ1) is 19.5. The maximum atomic E-state index is 12.8. The Balaban J connectivity index is 1.71. The van der Waals surface area contributed by atoms with Gasteiger partial charge in [-0.15, -0.1) is 0 Å². The van der Waals surface area contributed by atoms with Crippen LogP contribution in [0.5, 0.6) is 0 Å². The fraction of sp³-hybridized carbons (Fsp3) is 0.368. The summed E-state index contributed by atoms with van der Waals surface area (Å²) in [5.74, 6) is 0. The molecule has 144 valence electrons. The van der Waals surface area contributed by atoms with Gasteiger partial charge in [0.05, 0.1) is 6.04 Å². The average molecular weight is 395 g/mol. The summed E-state index contributed by atoms with van der Waals surface area (Å²) in [7, 11) is 0. The minimum atomic E-state index is -4.32. The van der Waals surface area contributed by atoms with Gasteiger partial charge in [0.1, 0.15) is 0 Å². The van der Waals surface area contributed by atoms with Gasteiger partial charge in [0.15, 0.2) is 0 Å². The molecule has 0 unspecified atom stereocenters. The molecular weight excluding hydrogens is 375 g/mol. The zero-order valence-corrected chi connectivity index (χ0v) is 15.4. The largest absolute Gasteiger partial charge is 0.446 e. The number of thioether (sulfide) groups is 1. The Morgan fingerprint density at radius 2 is 1.78 bits per heavy atom. The van der Waals surface area contributed by atoms with Crippen LogP contribution in [-0.4, -0.2) is 28.0 Å². The van der Waals surface area contributed by atoms with E-state index in [0.29, 0.717) is 12.2 Å². The zero-order chi connectivity index (χ0) is 19.3. The fourth-order valence-electron chi connectivity index (χ4n) is 3.22. The summed E-state index contributed by atoms with van der Waals surface area (Å²) in [5.41, 5.74) is -2.81. The molecular formula is C19H20F3N3OS. The first-order valence-corrected chi connectivity index (χ1v) is 9.57. The molecule has 0 radical (unpaired) electrons. The number of halogens is 3. The van der Waals surface area contributed by atoms with Crippen molar-refractivity contribution in [3.8, 4) is 0 Å². The number of likely N-dealkylation sites (tertiary alicyclic amines) is 1. The maximum Gasteiger partial charge on any atom is 0.446 e. The van der Waals surface area contributed by atoms with Crippen LogP contribution in [0.3, 0.4) is 0 Å². The van der Waals surface area contributed by atoms with Crippen molar-refractivity contribution in [3.05, 3.63) is 54.4 Å². The number of carbonyl (C=O) groups excluding carboxylic acids is 1. The molecule has 1 aliphatic rings. The van der Waals surface area contributed by atoms with Gasteiger partial charge < -0.3 is 10.2 Å². The number of nitrogens with zero attached hydrogens (tertiary/aromatic N) is 2. The molecule has 1 fully saturated rings. The zero-order valence-electron chi connectivity index (χ0n) is 14.6. The van der Waals surface area contributed by atoms with Crippen molar-refractivity contribution in [2.24, 2.45) is 0 Å². The van der Waals surface area contributed by atoms with E-state index >= 15 is 0 Å². The van der Waals surface area contributed by atoms with E-state index in [1.165, 1.54) is 24.3 Å². The molecule has 0 spiro atoms. The van der Waals surface area contributed by atoms with E-state index in [4.69, 9.17) is 0 Å². The third-order valence-electron chi connectivity index (χ3n) is 4.44. The highest BCUT2D eigenvalue weighted by molar-refractivity contribution is 8.00. The van der Waals surface area contributed by atoms with Gasteiger partial charge in [-0.3, -0.25) is 4.98 Å². The van der Waals surface area contributed by atoms with Crippen molar-refractivity contribution in [2.75, 3.05) is 11.9 Å². The SMILES string of the molecule is O=C(Nc1ccc(SC(F)(F)F)cc1)N1CCCCC[C@@H]1c1ccncc1. The van der Waals surface area contributed by atoms with Crippen molar-refractivity contribution in [2.45, 2.75) is 42.1 Å². The van der Waals surface area contributed by atoms with Gasteiger partial charge in [-0.1, -0.05) is 12.8 Å². The van der Waals surface area contributed by atoms with Gasteiger partial charge in [-0.2, -0.15) is 13.2 Å². The summed E-state index contributed by atoms with van der Waals surface area (Å²) < 4.78 is 37.3. The number of carbonyl (C=O) groups is 1. The van der Waals surface area contributed by atoms with Crippen LogP contribution >= 0.6 is 11.8 Å². The van der Waals surface area contributed by atoms with E-state index < -0.39 is 5.51 Å². The van der Waals surface area contributed by atoms with Gasteiger partial charge >= 0.3 is 11.5 Å². The van der Waals surface area contributed by atoms with Crippen molar-refractivity contribution in [1.29, 1.82) is 0 Å². The van der Waals surface area contributed by atoms with Crippen molar-refractivity contribution < 1.29 is 18.0 Å². The number of aromatic nitrogens is 1. The van der Waals surface area contributed by atoms with Crippen LogP contribution < -0.4 is 5.32 Å². The quantitative estimate of drug-likeness (QED) is 0.664. The molecule has 2 aromatic rings. The Kier molecular flexibility index (Phi) is 6.26.